The van der Waals surface area contributed by atoms with Crippen LogP contribution in [0, 0.1) is 6.92 Å². The quantitative estimate of drug-likeness (QED) is 0.688. The predicted molar refractivity (Wildman–Crippen MR) is 67.5 cm³/mol. The van der Waals surface area contributed by atoms with Gasteiger partial charge < -0.3 is 9.14 Å². The largest absolute Gasteiger partial charge is 0.480 e. The van der Waals surface area contributed by atoms with Crippen LogP contribution in [-0.4, -0.2) is 26.5 Å². The Morgan fingerprint density at radius 3 is 2.83 bits per heavy atom. The van der Waals surface area contributed by atoms with Gasteiger partial charge in [-0.15, -0.1) is 0 Å². The molecular formula is C13H12N4O. The monoisotopic (exact) mass is 240 g/mol. The van der Waals surface area contributed by atoms with Crippen molar-refractivity contribution in [1.82, 2.24) is 19.4 Å². The zero-order valence-electron chi connectivity index (χ0n) is 10.2. The molecular weight excluding hydrogens is 228 g/mol. The Balaban J connectivity index is 2.06. The van der Waals surface area contributed by atoms with Gasteiger partial charge in [-0.2, -0.15) is 0 Å². The van der Waals surface area contributed by atoms with Gasteiger partial charge in [-0.1, -0.05) is 0 Å². The summed E-state index contributed by atoms with van der Waals surface area (Å²) in [6.45, 7) is 1.97. The second kappa shape index (κ2) is 4.10. The van der Waals surface area contributed by atoms with Crippen LogP contribution in [0.15, 0.2) is 36.9 Å². The molecule has 0 saturated carbocycles. The molecule has 0 N–H and O–H groups in total. The Bertz CT molecular complexity index is 688. The number of imidazole rings is 1. The molecule has 0 aliphatic heterocycles. The summed E-state index contributed by atoms with van der Waals surface area (Å²) in [5, 5.41) is 0. The Hall–Kier alpha value is -2.43. The summed E-state index contributed by atoms with van der Waals surface area (Å²) < 4.78 is 6.97. The van der Waals surface area contributed by atoms with Crippen molar-refractivity contribution in [1.29, 1.82) is 0 Å². The van der Waals surface area contributed by atoms with Gasteiger partial charge in [0.15, 0.2) is 0 Å². The standard InChI is InChI=1S/C13H12N4O/c1-9-8-17-4-3-10(5-12(17)16-9)11-6-15-13(18-2)7-14-11/h3-8H,1-2H3. The van der Waals surface area contributed by atoms with Crippen LogP contribution >= 0.6 is 0 Å². The van der Waals surface area contributed by atoms with Crippen LogP contribution in [0.1, 0.15) is 5.69 Å². The van der Waals surface area contributed by atoms with Crippen molar-refractivity contribution in [2.24, 2.45) is 0 Å². The van der Waals surface area contributed by atoms with Gasteiger partial charge in [0.2, 0.25) is 5.88 Å². The maximum Gasteiger partial charge on any atom is 0.232 e. The van der Waals surface area contributed by atoms with Gasteiger partial charge in [0.05, 0.1) is 30.9 Å². The highest BCUT2D eigenvalue weighted by atomic mass is 16.5. The molecule has 3 heterocycles. The fourth-order valence-electron chi connectivity index (χ4n) is 1.84. The van der Waals surface area contributed by atoms with Gasteiger partial charge in [0.1, 0.15) is 5.65 Å². The summed E-state index contributed by atoms with van der Waals surface area (Å²) in [5.41, 5.74) is 3.69. The van der Waals surface area contributed by atoms with E-state index < -0.39 is 0 Å². The lowest BCUT2D eigenvalue weighted by Crippen LogP contribution is -1.91. The molecule has 0 saturated heterocycles. The third kappa shape index (κ3) is 1.79. The molecule has 90 valence electrons. The van der Waals surface area contributed by atoms with E-state index in [1.54, 1.807) is 19.5 Å². The first-order valence-corrected chi connectivity index (χ1v) is 5.58. The molecule has 3 aromatic rings. The normalized spacial score (nSPS) is 10.8. The molecule has 0 aliphatic carbocycles. The van der Waals surface area contributed by atoms with Crippen LogP contribution in [0.2, 0.25) is 0 Å². The van der Waals surface area contributed by atoms with Crippen molar-refractivity contribution < 1.29 is 4.74 Å². The van der Waals surface area contributed by atoms with Crippen LogP contribution in [0.5, 0.6) is 5.88 Å². The highest BCUT2D eigenvalue weighted by Crippen LogP contribution is 2.19. The highest BCUT2D eigenvalue weighted by molar-refractivity contribution is 5.63. The Morgan fingerprint density at radius 1 is 1.22 bits per heavy atom. The van der Waals surface area contributed by atoms with E-state index in [9.17, 15) is 0 Å². The van der Waals surface area contributed by atoms with E-state index >= 15 is 0 Å². The van der Waals surface area contributed by atoms with Crippen molar-refractivity contribution in [3.63, 3.8) is 0 Å². The maximum absolute atomic E-state index is 4.99. The summed E-state index contributed by atoms with van der Waals surface area (Å²) in [6, 6.07) is 3.98. The highest BCUT2D eigenvalue weighted by Gasteiger charge is 2.04. The molecule has 0 fully saturated rings. The van der Waals surface area contributed by atoms with E-state index in [2.05, 4.69) is 15.0 Å². The molecule has 3 aromatic heterocycles. The summed E-state index contributed by atoms with van der Waals surface area (Å²) in [5.74, 6) is 0.511. The molecule has 5 heteroatoms. The van der Waals surface area contributed by atoms with E-state index in [1.165, 1.54) is 0 Å². The number of rotatable bonds is 2. The molecule has 0 amide bonds. The third-order valence-corrected chi connectivity index (χ3v) is 2.71. The zero-order valence-corrected chi connectivity index (χ0v) is 10.2. The van der Waals surface area contributed by atoms with Gasteiger partial charge in [0.25, 0.3) is 0 Å². The number of methoxy groups -OCH3 is 1. The first-order valence-electron chi connectivity index (χ1n) is 5.58. The molecule has 0 spiro atoms. The van der Waals surface area contributed by atoms with Crippen molar-refractivity contribution in [3.05, 3.63) is 42.6 Å². The van der Waals surface area contributed by atoms with Gasteiger partial charge in [-0.05, 0) is 19.1 Å². The maximum atomic E-state index is 4.99. The summed E-state index contributed by atoms with van der Waals surface area (Å²) >= 11 is 0. The van der Waals surface area contributed by atoms with Crippen LogP contribution in [-0.2, 0) is 0 Å². The molecule has 0 atom stereocenters. The Kier molecular flexibility index (Phi) is 2.44. The predicted octanol–water partition coefficient (Wildman–Crippen LogP) is 2.11. The van der Waals surface area contributed by atoms with Crippen molar-refractivity contribution in [2.45, 2.75) is 6.92 Å². The summed E-state index contributed by atoms with van der Waals surface area (Å²) in [7, 11) is 1.57. The lowest BCUT2D eigenvalue weighted by molar-refractivity contribution is 0.396. The topological polar surface area (TPSA) is 52.3 Å². The minimum Gasteiger partial charge on any atom is -0.480 e. The molecule has 0 aliphatic rings. The average molecular weight is 240 g/mol. The van der Waals surface area contributed by atoms with E-state index in [0.717, 1.165) is 22.6 Å². The smallest absolute Gasteiger partial charge is 0.232 e. The fourth-order valence-corrected chi connectivity index (χ4v) is 1.84. The minimum absolute atomic E-state index is 0.511. The van der Waals surface area contributed by atoms with E-state index in [1.807, 2.05) is 35.9 Å². The first kappa shape index (κ1) is 10.7. The number of hydrogen-bond donors (Lipinski definition) is 0. The minimum atomic E-state index is 0.511. The molecule has 0 unspecified atom stereocenters. The van der Waals surface area contributed by atoms with Crippen LogP contribution in [0.25, 0.3) is 16.9 Å². The third-order valence-electron chi connectivity index (χ3n) is 2.71. The number of aryl methyl sites for hydroxylation is 1. The number of hydrogen-bond acceptors (Lipinski definition) is 4. The van der Waals surface area contributed by atoms with Crippen molar-refractivity contribution in [3.8, 4) is 17.1 Å². The van der Waals surface area contributed by atoms with Crippen LogP contribution in [0.3, 0.4) is 0 Å². The average Bonchev–Trinajstić information content (AvgIpc) is 2.78. The molecule has 5 nitrogen and oxygen atoms in total. The van der Waals surface area contributed by atoms with Crippen LogP contribution in [0.4, 0.5) is 0 Å². The fraction of sp³-hybridized carbons (Fsp3) is 0.154. The second-order valence-corrected chi connectivity index (χ2v) is 4.01. The zero-order chi connectivity index (χ0) is 12.5. The first-order chi connectivity index (χ1) is 8.76. The molecule has 0 radical (unpaired) electrons. The van der Waals surface area contributed by atoms with Crippen LogP contribution < -0.4 is 4.74 Å². The number of fused-ring (bicyclic) bond motifs is 1. The SMILES string of the molecule is COc1cnc(-c2ccn3cc(C)nc3c2)cn1. The summed E-state index contributed by atoms with van der Waals surface area (Å²) in [6.07, 6.45) is 7.26. The number of nitrogens with zero attached hydrogens (tertiary/aromatic N) is 4. The van der Waals surface area contributed by atoms with Crippen molar-refractivity contribution in [2.75, 3.05) is 7.11 Å². The van der Waals surface area contributed by atoms with Gasteiger partial charge >= 0.3 is 0 Å². The summed E-state index contributed by atoms with van der Waals surface area (Å²) in [4.78, 5) is 12.9. The second-order valence-electron chi connectivity index (χ2n) is 4.01. The van der Waals surface area contributed by atoms with Crippen molar-refractivity contribution >= 4 is 5.65 Å². The van der Waals surface area contributed by atoms with E-state index in [4.69, 9.17) is 4.74 Å². The number of aromatic nitrogens is 4. The van der Waals surface area contributed by atoms with Gasteiger partial charge in [-0.3, -0.25) is 0 Å². The van der Waals surface area contributed by atoms with Gasteiger partial charge in [-0.25, -0.2) is 15.0 Å². The lowest BCUT2D eigenvalue weighted by atomic mass is 10.2. The number of pyridine rings is 1. The molecule has 18 heavy (non-hydrogen) atoms. The van der Waals surface area contributed by atoms with Gasteiger partial charge in [0, 0.05) is 18.0 Å². The Labute approximate surface area is 104 Å². The lowest BCUT2D eigenvalue weighted by Gasteiger charge is -2.02. The van der Waals surface area contributed by atoms with E-state index in [-0.39, 0.29) is 0 Å². The molecule has 3 rings (SSSR count). The molecule has 0 bridgehead atoms. The Morgan fingerprint density at radius 2 is 2.11 bits per heavy atom. The number of ether oxygens (including phenoxy) is 1. The van der Waals surface area contributed by atoms with E-state index in [0.29, 0.717) is 5.88 Å². The molecule has 0 aromatic carbocycles.